The summed E-state index contributed by atoms with van der Waals surface area (Å²) >= 11 is 0. The van der Waals surface area contributed by atoms with Crippen LogP contribution in [0.4, 0.5) is 0 Å². The molecule has 0 bridgehead atoms. The summed E-state index contributed by atoms with van der Waals surface area (Å²) < 4.78 is 0. The number of hydrogen-bond donors (Lipinski definition) is 0. The van der Waals surface area contributed by atoms with Crippen molar-refractivity contribution in [2.45, 2.75) is 39.8 Å². The van der Waals surface area contributed by atoms with E-state index in [2.05, 4.69) is 32.6 Å². The fourth-order valence-corrected chi connectivity index (χ4v) is 1.87. The first-order valence-corrected chi connectivity index (χ1v) is 3.94. The van der Waals surface area contributed by atoms with Crippen LogP contribution in [0.3, 0.4) is 0 Å². The molecule has 1 heteroatoms. The Hall–Kier alpha value is -0.0400. The molecule has 1 rings (SSSR count). The summed E-state index contributed by atoms with van der Waals surface area (Å²) in [6.45, 7) is 10.4. The van der Waals surface area contributed by atoms with Crippen molar-refractivity contribution in [1.82, 2.24) is 4.90 Å². The van der Waals surface area contributed by atoms with E-state index < -0.39 is 0 Å². The average Bonchev–Trinajstić information content (AvgIpc) is 2.40. The zero-order valence-electron chi connectivity index (χ0n) is 6.89. The summed E-state index contributed by atoms with van der Waals surface area (Å²) in [5.74, 6) is 0.847. The van der Waals surface area contributed by atoms with Gasteiger partial charge in [0.2, 0.25) is 0 Å². The van der Waals surface area contributed by atoms with Gasteiger partial charge in [-0.2, -0.15) is 0 Å². The molecule has 1 unspecified atom stereocenters. The molecule has 1 aliphatic heterocycles. The minimum Gasteiger partial charge on any atom is -0.295 e. The van der Waals surface area contributed by atoms with E-state index in [-0.39, 0.29) is 0 Å². The molecule has 1 nitrogen and oxygen atoms in total. The highest BCUT2D eigenvalue weighted by Gasteiger charge is 2.43. The lowest BCUT2D eigenvalue weighted by Gasteiger charge is -2.00. The van der Waals surface area contributed by atoms with Gasteiger partial charge in [-0.05, 0) is 19.4 Å². The Morgan fingerprint density at radius 3 is 2.11 bits per heavy atom. The Labute approximate surface area is 58.0 Å². The Morgan fingerprint density at radius 1 is 1.44 bits per heavy atom. The zero-order chi connectivity index (χ0) is 7.02. The van der Waals surface area contributed by atoms with Crippen LogP contribution in [-0.4, -0.2) is 23.5 Å². The molecule has 0 aliphatic carbocycles. The highest BCUT2D eigenvalue weighted by Crippen LogP contribution is 2.32. The normalized spacial score (nSPS) is 41.7. The smallest absolute Gasteiger partial charge is 0.0275 e. The van der Waals surface area contributed by atoms with Crippen LogP contribution in [0.1, 0.15) is 27.7 Å². The number of hydrogen-bond acceptors (Lipinski definition) is 1. The molecule has 3 atom stereocenters. The van der Waals surface area contributed by atoms with Crippen molar-refractivity contribution < 1.29 is 0 Å². The fourth-order valence-electron chi connectivity index (χ4n) is 1.87. The summed E-state index contributed by atoms with van der Waals surface area (Å²) in [6.07, 6.45) is 0. The van der Waals surface area contributed by atoms with Gasteiger partial charge < -0.3 is 0 Å². The van der Waals surface area contributed by atoms with Gasteiger partial charge in [0, 0.05) is 12.1 Å². The van der Waals surface area contributed by atoms with Gasteiger partial charge in [-0.1, -0.05) is 20.8 Å². The molecular weight excluding hydrogens is 110 g/mol. The number of rotatable bonds is 2. The van der Waals surface area contributed by atoms with E-state index in [4.69, 9.17) is 0 Å². The maximum Gasteiger partial charge on any atom is 0.0275 e. The van der Waals surface area contributed by atoms with Gasteiger partial charge in [0.05, 0.1) is 0 Å². The van der Waals surface area contributed by atoms with Crippen LogP contribution in [0, 0.1) is 5.92 Å². The molecule has 9 heavy (non-hydrogen) atoms. The van der Waals surface area contributed by atoms with Crippen molar-refractivity contribution in [2.75, 3.05) is 6.54 Å². The number of likely N-dealkylation sites (N-methyl/N-ethyl adjacent to an activating group) is 1. The average molecular weight is 127 g/mol. The van der Waals surface area contributed by atoms with Gasteiger partial charge in [-0.15, -0.1) is 0 Å². The first-order valence-electron chi connectivity index (χ1n) is 3.94. The van der Waals surface area contributed by atoms with Crippen molar-refractivity contribution in [3.8, 4) is 0 Å². The van der Waals surface area contributed by atoms with Gasteiger partial charge in [0.1, 0.15) is 0 Å². The predicted octanol–water partition coefficient (Wildman–Crippen LogP) is 1.74. The van der Waals surface area contributed by atoms with Crippen molar-refractivity contribution in [2.24, 2.45) is 5.92 Å². The van der Waals surface area contributed by atoms with Gasteiger partial charge in [-0.3, -0.25) is 4.90 Å². The Balaban J connectivity index is 2.33. The zero-order valence-corrected chi connectivity index (χ0v) is 6.89. The Kier molecular flexibility index (Phi) is 1.80. The van der Waals surface area contributed by atoms with E-state index in [1.54, 1.807) is 0 Å². The number of nitrogens with zero attached hydrogens (tertiary/aromatic N) is 1. The molecule has 54 valence electrons. The molecule has 1 aliphatic rings. The first-order chi connectivity index (χ1) is 4.18. The summed E-state index contributed by atoms with van der Waals surface area (Å²) in [6, 6.07) is 1.74. The molecule has 1 heterocycles. The summed E-state index contributed by atoms with van der Waals surface area (Å²) in [5.41, 5.74) is 0. The standard InChI is InChI=1S/C8H17N/c1-5-9-7(4)8(9)6(2)3/h6-8H,5H2,1-4H3/t7-,8+,9?/m0/s1. The van der Waals surface area contributed by atoms with Crippen LogP contribution < -0.4 is 0 Å². The maximum atomic E-state index is 2.53. The largest absolute Gasteiger partial charge is 0.295 e. The van der Waals surface area contributed by atoms with Crippen molar-refractivity contribution in [3.63, 3.8) is 0 Å². The molecule has 0 radical (unpaired) electrons. The van der Waals surface area contributed by atoms with E-state index in [0.717, 1.165) is 18.0 Å². The van der Waals surface area contributed by atoms with E-state index in [1.165, 1.54) is 6.54 Å². The van der Waals surface area contributed by atoms with Crippen molar-refractivity contribution in [3.05, 3.63) is 0 Å². The molecule has 0 aromatic carbocycles. The highest BCUT2D eigenvalue weighted by atomic mass is 15.3. The van der Waals surface area contributed by atoms with Gasteiger partial charge in [0.25, 0.3) is 0 Å². The monoisotopic (exact) mass is 127 g/mol. The fraction of sp³-hybridized carbons (Fsp3) is 1.00. The first kappa shape index (κ1) is 7.07. The van der Waals surface area contributed by atoms with E-state index in [0.29, 0.717) is 0 Å². The van der Waals surface area contributed by atoms with Crippen LogP contribution >= 0.6 is 0 Å². The third kappa shape index (κ3) is 1.11. The lowest BCUT2D eigenvalue weighted by atomic mass is 10.1. The molecule has 1 fully saturated rings. The van der Waals surface area contributed by atoms with Crippen molar-refractivity contribution >= 4 is 0 Å². The SMILES string of the molecule is CCN1[C@H](C(C)C)[C@@H]1C. The second-order valence-corrected chi connectivity index (χ2v) is 3.31. The molecule has 0 spiro atoms. The van der Waals surface area contributed by atoms with E-state index >= 15 is 0 Å². The van der Waals surface area contributed by atoms with Gasteiger partial charge >= 0.3 is 0 Å². The maximum absolute atomic E-state index is 2.53. The Morgan fingerprint density at radius 2 is 2.00 bits per heavy atom. The van der Waals surface area contributed by atoms with Crippen LogP contribution in [0.2, 0.25) is 0 Å². The van der Waals surface area contributed by atoms with Gasteiger partial charge in [0.15, 0.2) is 0 Å². The molecule has 0 aromatic heterocycles. The van der Waals surface area contributed by atoms with Crippen LogP contribution in [-0.2, 0) is 0 Å². The quantitative estimate of drug-likeness (QED) is 0.510. The molecule has 0 amide bonds. The third-order valence-electron chi connectivity index (χ3n) is 2.36. The summed E-state index contributed by atoms with van der Waals surface area (Å²) in [4.78, 5) is 2.53. The van der Waals surface area contributed by atoms with Crippen molar-refractivity contribution in [1.29, 1.82) is 0 Å². The highest BCUT2D eigenvalue weighted by molar-refractivity contribution is 4.99. The molecule has 0 saturated carbocycles. The van der Waals surface area contributed by atoms with Gasteiger partial charge in [-0.25, -0.2) is 0 Å². The Bertz CT molecular complexity index is 98.7. The summed E-state index contributed by atoms with van der Waals surface area (Å²) in [5, 5.41) is 0. The lowest BCUT2D eigenvalue weighted by molar-refractivity contribution is 0.457. The van der Waals surface area contributed by atoms with Crippen LogP contribution in [0.5, 0.6) is 0 Å². The molecule has 0 aromatic rings. The second kappa shape index (κ2) is 2.30. The molecule has 0 N–H and O–H groups in total. The minimum absolute atomic E-state index is 0.847. The molecular formula is C8H17N. The van der Waals surface area contributed by atoms with E-state index in [1.807, 2.05) is 0 Å². The minimum atomic E-state index is 0.847. The van der Waals surface area contributed by atoms with Crippen LogP contribution in [0.25, 0.3) is 0 Å². The van der Waals surface area contributed by atoms with E-state index in [9.17, 15) is 0 Å². The second-order valence-electron chi connectivity index (χ2n) is 3.31. The molecule has 1 saturated heterocycles. The topological polar surface area (TPSA) is 3.01 Å². The third-order valence-corrected chi connectivity index (χ3v) is 2.36. The summed E-state index contributed by atoms with van der Waals surface area (Å²) in [7, 11) is 0. The van der Waals surface area contributed by atoms with Crippen LogP contribution in [0.15, 0.2) is 0 Å². The predicted molar refractivity (Wildman–Crippen MR) is 40.5 cm³/mol. The lowest BCUT2D eigenvalue weighted by Crippen LogP contribution is -2.06.